The van der Waals surface area contributed by atoms with Crippen molar-refractivity contribution in [3.05, 3.63) is 108 Å². The summed E-state index contributed by atoms with van der Waals surface area (Å²) < 4.78 is 7.51. The van der Waals surface area contributed by atoms with E-state index in [1.807, 2.05) is 80.7 Å². The van der Waals surface area contributed by atoms with Gasteiger partial charge in [0.25, 0.3) is 5.91 Å². The molecule has 0 radical (unpaired) electrons. The number of amides is 1. The lowest BCUT2D eigenvalue weighted by Crippen LogP contribution is -2.29. The van der Waals surface area contributed by atoms with Crippen LogP contribution in [0.5, 0.6) is 5.75 Å². The van der Waals surface area contributed by atoms with Gasteiger partial charge in [-0.1, -0.05) is 42.5 Å². The Morgan fingerprint density at radius 2 is 1.71 bits per heavy atom. The highest BCUT2D eigenvalue weighted by atomic mass is 16.5. The Labute approximate surface area is 181 Å². The molecule has 3 aromatic carbocycles. The zero-order chi connectivity index (χ0) is 21.6. The predicted octanol–water partition coefficient (Wildman–Crippen LogP) is 4.68. The molecule has 0 saturated carbocycles. The largest absolute Gasteiger partial charge is 0.489 e. The molecular weight excluding hydrogens is 388 g/mol. The van der Waals surface area contributed by atoms with E-state index in [1.165, 1.54) is 6.33 Å². The number of hydrogen-bond acceptors (Lipinski definition) is 4. The molecule has 6 heteroatoms. The molecule has 1 atom stereocenters. The van der Waals surface area contributed by atoms with Crippen LogP contribution in [0, 0.1) is 0 Å². The molecule has 0 spiro atoms. The molecule has 0 N–H and O–H groups in total. The fraction of sp³-hybridized carbons (Fsp3) is 0.160. The minimum Gasteiger partial charge on any atom is -0.489 e. The molecule has 0 fully saturated rings. The van der Waals surface area contributed by atoms with E-state index >= 15 is 0 Å². The normalized spacial score (nSPS) is 11.7. The second-order valence-corrected chi connectivity index (χ2v) is 7.32. The van der Waals surface area contributed by atoms with E-state index in [-0.39, 0.29) is 11.9 Å². The summed E-state index contributed by atoms with van der Waals surface area (Å²) in [5.41, 5.74) is 3.70. The van der Waals surface area contributed by atoms with Gasteiger partial charge < -0.3 is 9.64 Å². The van der Waals surface area contributed by atoms with Crippen molar-refractivity contribution in [1.29, 1.82) is 0 Å². The van der Waals surface area contributed by atoms with Crippen molar-refractivity contribution in [2.45, 2.75) is 19.6 Å². The molecule has 0 unspecified atom stereocenters. The number of rotatable bonds is 7. The highest BCUT2D eigenvalue weighted by molar-refractivity contribution is 5.94. The van der Waals surface area contributed by atoms with Crippen LogP contribution in [-0.4, -0.2) is 32.6 Å². The third kappa shape index (κ3) is 4.80. The minimum atomic E-state index is -0.0775. The average Bonchev–Trinajstić information content (AvgIpc) is 3.37. The van der Waals surface area contributed by atoms with Crippen molar-refractivity contribution in [3.8, 4) is 11.4 Å². The van der Waals surface area contributed by atoms with Crippen LogP contribution in [-0.2, 0) is 6.61 Å². The molecule has 4 rings (SSSR count). The van der Waals surface area contributed by atoms with E-state index < -0.39 is 0 Å². The third-order valence-electron chi connectivity index (χ3n) is 5.31. The summed E-state index contributed by atoms with van der Waals surface area (Å²) in [6.45, 7) is 2.51. The lowest BCUT2D eigenvalue weighted by atomic mass is 10.1. The van der Waals surface area contributed by atoms with Crippen LogP contribution >= 0.6 is 0 Å². The molecule has 6 nitrogen and oxygen atoms in total. The Kier molecular flexibility index (Phi) is 6.08. The molecule has 0 bridgehead atoms. The summed E-state index contributed by atoms with van der Waals surface area (Å²) in [5.74, 6) is 0.697. The fourth-order valence-corrected chi connectivity index (χ4v) is 3.28. The predicted molar refractivity (Wildman–Crippen MR) is 119 cm³/mol. The van der Waals surface area contributed by atoms with Gasteiger partial charge in [-0.15, -0.1) is 0 Å². The number of aromatic nitrogens is 3. The van der Waals surface area contributed by atoms with E-state index in [4.69, 9.17) is 4.74 Å². The van der Waals surface area contributed by atoms with Crippen LogP contribution < -0.4 is 4.74 Å². The molecule has 1 amide bonds. The van der Waals surface area contributed by atoms with Crippen molar-refractivity contribution in [2.75, 3.05) is 7.05 Å². The van der Waals surface area contributed by atoms with Gasteiger partial charge in [0.2, 0.25) is 0 Å². The SMILES string of the molecule is C[C@H](c1ccc(-n2cncn2)cc1)N(C)C(=O)c1ccc(OCc2ccccc2)cc1. The monoisotopic (exact) mass is 412 g/mol. The van der Waals surface area contributed by atoms with Crippen LogP contribution in [0.4, 0.5) is 0 Å². The number of carbonyl (C=O) groups excluding carboxylic acids is 1. The molecule has 0 aliphatic carbocycles. The standard InChI is InChI=1S/C25H24N4O2/c1-19(21-8-12-23(13-9-21)29-18-26-17-27-29)28(2)25(30)22-10-14-24(15-11-22)31-16-20-6-4-3-5-7-20/h3-15,17-19H,16H2,1-2H3/t19-/m1/s1. The van der Waals surface area contributed by atoms with E-state index in [1.54, 1.807) is 28.0 Å². The highest BCUT2D eigenvalue weighted by Crippen LogP contribution is 2.23. The van der Waals surface area contributed by atoms with Crippen LogP contribution in [0.1, 0.15) is 34.5 Å². The fourth-order valence-electron chi connectivity index (χ4n) is 3.28. The Morgan fingerprint density at radius 1 is 1.00 bits per heavy atom. The average molecular weight is 412 g/mol. The first-order valence-electron chi connectivity index (χ1n) is 10.1. The zero-order valence-corrected chi connectivity index (χ0v) is 17.6. The molecule has 0 saturated heterocycles. The molecule has 1 heterocycles. The number of ether oxygens (including phenoxy) is 1. The van der Waals surface area contributed by atoms with Gasteiger partial charge >= 0.3 is 0 Å². The minimum absolute atomic E-state index is 0.0394. The third-order valence-corrected chi connectivity index (χ3v) is 5.31. The van der Waals surface area contributed by atoms with E-state index in [0.717, 1.165) is 22.6 Å². The maximum absolute atomic E-state index is 13.0. The van der Waals surface area contributed by atoms with Gasteiger partial charge in [0.05, 0.1) is 11.7 Å². The van der Waals surface area contributed by atoms with Gasteiger partial charge in [-0.25, -0.2) is 9.67 Å². The molecule has 156 valence electrons. The van der Waals surface area contributed by atoms with Crippen molar-refractivity contribution in [2.24, 2.45) is 0 Å². The molecule has 0 aliphatic rings. The molecule has 4 aromatic rings. The molecule has 31 heavy (non-hydrogen) atoms. The van der Waals surface area contributed by atoms with Gasteiger partial charge in [-0.2, -0.15) is 5.10 Å². The first-order chi connectivity index (χ1) is 15.1. The maximum atomic E-state index is 13.0. The highest BCUT2D eigenvalue weighted by Gasteiger charge is 2.19. The Bertz CT molecular complexity index is 1110. The summed E-state index contributed by atoms with van der Waals surface area (Å²) in [6, 6.07) is 25.1. The van der Waals surface area contributed by atoms with Gasteiger partial charge in [0.1, 0.15) is 25.0 Å². The summed E-state index contributed by atoms with van der Waals surface area (Å²) in [4.78, 5) is 18.7. The van der Waals surface area contributed by atoms with E-state index in [0.29, 0.717) is 12.2 Å². The lowest BCUT2D eigenvalue weighted by Gasteiger charge is -2.25. The van der Waals surface area contributed by atoms with E-state index in [9.17, 15) is 4.79 Å². The maximum Gasteiger partial charge on any atom is 0.254 e. The van der Waals surface area contributed by atoms with Crippen molar-refractivity contribution >= 4 is 5.91 Å². The first kappa shape index (κ1) is 20.3. The number of carbonyl (C=O) groups is 1. The molecular formula is C25H24N4O2. The summed E-state index contributed by atoms with van der Waals surface area (Å²) in [6.07, 6.45) is 3.16. The van der Waals surface area contributed by atoms with Crippen molar-refractivity contribution < 1.29 is 9.53 Å². The van der Waals surface area contributed by atoms with Crippen molar-refractivity contribution in [1.82, 2.24) is 19.7 Å². The summed E-state index contributed by atoms with van der Waals surface area (Å²) >= 11 is 0. The second kappa shape index (κ2) is 9.26. The zero-order valence-electron chi connectivity index (χ0n) is 17.6. The summed E-state index contributed by atoms with van der Waals surface area (Å²) in [5, 5.41) is 4.13. The van der Waals surface area contributed by atoms with Gasteiger partial charge in [-0.05, 0) is 54.4 Å². The van der Waals surface area contributed by atoms with Crippen LogP contribution in [0.25, 0.3) is 5.69 Å². The van der Waals surface area contributed by atoms with Crippen molar-refractivity contribution in [3.63, 3.8) is 0 Å². The van der Waals surface area contributed by atoms with E-state index in [2.05, 4.69) is 10.1 Å². The quantitative estimate of drug-likeness (QED) is 0.442. The molecule has 1 aromatic heterocycles. The van der Waals surface area contributed by atoms with Crippen LogP contribution in [0.15, 0.2) is 91.5 Å². The van der Waals surface area contributed by atoms with Gasteiger partial charge in [0.15, 0.2) is 0 Å². The van der Waals surface area contributed by atoms with Crippen LogP contribution in [0.2, 0.25) is 0 Å². The van der Waals surface area contributed by atoms with Gasteiger partial charge in [-0.3, -0.25) is 4.79 Å². The Hall–Kier alpha value is -3.93. The smallest absolute Gasteiger partial charge is 0.254 e. The number of hydrogen-bond donors (Lipinski definition) is 0. The number of benzene rings is 3. The lowest BCUT2D eigenvalue weighted by molar-refractivity contribution is 0.0742. The van der Waals surface area contributed by atoms with Gasteiger partial charge in [0, 0.05) is 12.6 Å². The Balaban J connectivity index is 1.38. The number of nitrogens with zero attached hydrogens (tertiary/aromatic N) is 4. The van der Waals surface area contributed by atoms with Crippen LogP contribution in [0.3, 0.4) is 0 Å². The molecule has 0 aliphatic heterocycles. The summed E-state index contributed by atoms with van der Waals surface area (Å²) in [7, 11) is 1.82. The first-order valence-corrected chi connectivity index (χ1v) is 10.1. The Morgan fingerprint density at radius 3 is 2.35 bits per heavy atom. The second-order valence-electron chi connectivity index (χ2n) is 7.32. The topological polar surface area (TPSA) is 60.2 Å².